The number of hydrogen-bond donors (Lipinski definition) is 2. The lowest BCUT2D eigenvalue weighted by Gasteiger charge is -2.14. The van der Waals surface area contributed by atoms with Crippen molar-refractivity contribution in [3.8, 4) is 11.5 Å². The molecule has 0 aliphatic rings. The molecule has 112 valence electrons. The molecule has 20 heavy (non-hydrogen) atoms. The summed E-state index contributed by atoms with van der Waals surface area (Å²) in [5.74, 6) is 0.318. The van der Waals surface area contributed by atoms with Crippen molar-refractivity contribution < 1.29 is 14.3 Å². The van der Waals surface area contributed by atoms with Gasteiger partial charge >= 0.3 is 0 Å². The normalized spacial score (nSPS) is 10.3. The molecule has 0 fully saturated rings. The summed E-state index contributed by atoms with van der Waals surface area (Å²) in [7, 11) is 0. The third kappa shape index (κ3) is 5.27. The third-order valence-electron chi connectivity index (χ3n) is 2.48. The number of carbonyl (C=O) groups is 1. The lowest BCUT2D eigenvalue weighted by atomic mass is 10.2. The molecule has 0 unspecified atom stereocenters. The molecule has 3 N–H and O–H groups in total. The number of halogens is 1. The third-order valence-corrected chi connectivity index (χ3v) is 2.76. The summed E-state index contributed by atoms with van der Waals surface area (Å²) in [6, 6.07) is 3.65. The fourth-order valence-electron chi connectivity index (χ4n) is 1.68. The zero-order chi connectivity index (χ0) is 15.0. The van der Waals surface area contributed by atoms with Crippen LogP contribution in [0, 0.1) is 0 Å². The highest BCUT2D eigenvalue weighted by Gasteiger charge is 2.13. The number of hydrogen-bond acceptors (Lipinski definition) is 4. The Morgan fingerprint density at radius 2 is 2.10 bits per heavy atom. The average molecular weight is 301 g/mol. The Kier molecular flexibility index (Phi) is 7.18. The van der Waals surface area contributed by atoms with Gasteiger partial charge < -0.3 is 20.5 Å². The predicted octanol–water partition coefficient (Wildman–Crippen LogP) is 2.10. The van der Waals surface area contributed by atoms with E-state index in [2.05, 4.69) is 12.2 Å². The summed E-state index contributed by atoms with van der Waals surface area (Å²) < 4.78 is 10.8. The van der Waals surface area contributed by atoms with Crippen molar-refractivity contribution in [3.63, 3.8) is 0 Å². The van der Waals surface area contributed by atoms with Gasteiger partial charge in [0.05, 0.1) is 11.6 Å². The summed E-state index contributed by atoms with van der Waals surface area (Å²) in [6.45, 7) is 5.85. The Bertz CT molecular complexity index is 452. The first kappa shape index (κ1) is 16.6. The number of nitrogens with two attached hydrogens (primary N) is 1. The van der Waals surface area contributed by atoms with E-state index < -0.39 is 5.91 Å². The second kappa shape index (κ2) is 8.66. The lowest BCUT2D eigenvalue weighted by Crippen LogP contribution is -2.20. The average Bonchev–Trinajstić information content (AvgIpc) is 2.38. The molecular weight excluding hydrogens is 280 g/mol. The molecule has 0 aliphatic heterocycles. The summed E-state index contributed by atoms with van der Waals surface area (Å²) in [5.41, 5.74) is 6.07. The highest BCUT2D eigenvalue weighted by Crippen LogP contribution is 2.36. The van der Waals surface area contributed by atoms with E-state index >= 15 is 0 Å². The van der Waals surface area contributed by atoms with Gasteiger partial charge in [0.2, 0.25) is 0 Å². The molecular formula is C14H21ClN2O3. The van der Waals surface area contributed by atoms with Crippen molar-refractivity contribution in [2.75, 3.05) is 19.8 Å². The van der Waals surface area contributed by atoms with Gasteiger partial charge in [0, 0.05) is 6.54 Å². The first-order valence-electron chi connectivity index (χ1n) is 6.65. The number of primary amides is 1. The van der Waals surface area contributed by atoms with Crippen molar-refractivity contribution in [3.05, 3.63) is 22.7 Å². The molecule has 5 nitrogen and oxygen atoms in total. The Hall–Kier alpha value is -1.46. The zero-order valence-corrected chi connectivity index (χ0v) is 12.6. The topological polar surface area (TPSA) is 73.6 Å². The highest BCUT2D eigenvalue weighted by molar-refractivity contribution is 6.32. The Labute approximate surface area is 124 Å². The van der Waals surface area contributed by atoms with Crippen molar-refractivity contribution in [2.45, 2.75) is 26.8 Å². The van der Waals surface area contributed by atoms with Gasteiger partial charge in [-0.25, -0.2) is 0 Å². The first-order chi connectivity index (χ1) is 9.58. The lowest BCUT2D eigenvalue weighted by molar-refractivity contribution is -0.119. The molecule has 0 aliphatic carbocycles. The van der Waals surface area contributed by atoms with Crippen LogP contribution in [0.25, 0.3) is 0 Å². The fourth-order valence-corrected chi connectivity index (χ4v) is 1.97. The van der Waals surface area contributed by atoms with E-state index in [1.807, 2.05) is 13.0 Å². The van der Waals surface area contributed by atoms with Gasteiger partial charge in [-0.2, -0.15) is 0 Å². The van der Waals surface area contributed by atoms with Crippen molar-refractivity contribution in [1.29, 1.82) is 0 Å². The molecule has 0 heterocycles. The first-order valence-corrected chi connectivity index (χ1v) is 7.03. The van der Waals surface area contributed by atoms with Gasteiger partial charge in [0.1, 0.15) is 0 Å². The molecule has 0 atom stereocenters. The maximum absolute atomic E-state index is 10.8. The Balaban J connectivity index is 2.89. The van der Waals surface area contributed by atoms with Crippen molar-refractivity contribution >= 4 is 17.5 Å². The second-order valence-corrected chi connectivity index (χ2v) is 4.68. The summed E-state index contributed by atoms with van der Waals surface area (Å²) in [5, 5.41) is 3.70. The van der Waals surface area contributed by atoms with E-state index in [0.717, 1.165) is 18.5 Å². The van der Waals surface area contributed by atoms with Crippen LogP contribution in [0.2, 0.25) is 5.02 Å². The van der Waals surface area contributed by atoms with Gasteiger partial charge in [0.15, 0.2) is 18.1 Å². The standard InChI is InChI=1S/C14H21ClN2O3/c1-3-5-17-8-10-6-11(15)14(20-9-13(16)18)12(7-10)19-4-2/h6-7,17H,3-5,8-9H2,1-2H3,(H2,16,18). The van der Waals surface area contributed by atoms with Gasteiger partial charge in [-0.1, -0.05) is 18.5 Å². The van der Waals surface area contributed by atoms with E-state index in [4.69, 9.17) is 26.8 Å². The quantitative estimate of drug-likeness (QED) is 0.685. The van der Waals surface area contributed by atoms with Crippen molar-refractivity contribution in [2.24, 2.45) is 5.73 Å². The Morgan fingerprint density at radius 1 is 1.35 bits per heavy atom. The number of nitrogens with one attached hydrogen (secondary N) is 1. The van der Waals surface area contributed by atoms with E-state index in [0.29, 0.717) is 29.7 Å². The van der Waals surface area contributed by atoms with Crippen molar-refractivity contribution in [1.82, 2.24) is 5.32 Å². The highest BCUT2D eigenvalue weighted by atomic mass is 35.5. The zero-order valence-electron chi connectivity index (χ0n) is 11.9. The van der Waals surface area contributed by atoms with Crippen LogP contribution in [0.4, 0.5) is 0 Å². The van der Waals surface area contributed by atoms with Crippen LogP contribution in [0.5, 0.6) is 11.5 Å². The Morgan fingerprint density at radius 3 is 2.70 bits per heavy atom. The SMILES string of the molecule is CCCNCc1cc(Cl)c(OCC(N)=O)c(OCC)c1. The molecule has 1 rings (SSSR count). The summed E-state index contributed by atoms with van der Waals surface area (Å²) >= 11 is 6.18. The number of benzene rings is 1. The van der Waals surface area contributed by atoms with E-state index in [-0.39, 0.29) is 6.61 Å². The number of carbonyl (C=O) groups excluding carboxylic acids is 1. The predicted molar refractivity (Wildman–Crippen MR) is 79.3 cm³/mol. The molecule has 0 radical (unpaired) electrons. The molecule has 6 heteroatoms. The molecule has 0 aromatic heterocycles. The molecule has 1 aromatic carbocycles. The number of ether oxygens (including phenoxy) is 2. The van der Waals surface area contributed by atoms with E-state index in [1.165, 1.54) is 0 Å². The molecule has 0 saturated heterocycles. The summed E-state index contributed by atoms with van der Waals surface area (Å²) in [4.78, 5) is 10.8. The fraction of sp³-hybridized carbons (Fsp3) is 0.500. The van der Waals surface area contributed by atoms with Crippen LogP contribution in [0.15, 0.2) is 12.1 Å². The van der Waals surface area contributed by atoms with Crippen LogP contribution in [0.3, 0.4) is 0 Å². The maximum Gasteiger partial charge on any atom is 0.255 e. The largest absolute Gasteiger partial charge is 0.490 e. The molecule has 1 aromatic rings. The van der Waals surface area contributed by atoms with Crippen LogP contribution < -0.4 is 20.5 Å². The van der Waals surface area contributed by atoms with Gasteiger partial charge in [0.25, 0.3) is 5.91 Å². The number of rotatable bonds is 9. The minimum atomic E-state index is -0.558. The molecule has 0 bridgehead atoms. The molecule has 0 saturated carbocycles. The van der Waals surface area contributed by atoms with Crippen LogP contribution >= 0.6 is 11.6 Å². The molecule has 1 amide bonds. The maximum atomic E-state index is 10.8. The van der Waals surface area contributed by atoms with E-state index in [1.54, 1.807) is 6.07 Å². The molecule has 0 spiro atoms. The van der Waals surface area contributed by atoms with E-state index in [9.17, 15) is 4.79 Å². The summed E-state index contributed by atoms with van der Waals surface area (Å²) in [6.07, 6.45) is 1.06. The van der Waals surface area contributed by atoms with Crippen LogP contribution in [0.1, 0.15) is 25.8 Å². The van der Waals surface area contributed by atoms with Gasteiger partial charge in [-0.3, -0.25) is 4.79 Å². The second-order valence-electron chi connectivity index (χ2n) is 4.27. The van der Waals surface area contributed by atoms with Crippen LogP contribution in [-0.2, 0) is 11.3 Å². The number of amides is 1. The van der Waals surface area contributed by atoms with Gasteiger partial charge in [-0.15, -0.1) is 0 Å². The van der Waals surface area contributed by atoms with Crippen LogP contribution in [-0.4, -0.2) is 25.7 Å². The minimum Gasteiger partial charge on any atom is -0.490 e. The monoisotopic (exact) mass is 300 g/mol. The smallest absolute Gasteiger partial charge is 0.255 e. The van der Waals surface area contributed by atoms with Gasteiger partial charge in [-0.05, 0) is 37.6 Å². The minimum absolute atomic E-state index is 0.229.